The van der Waals surface area contributed by atoms with Gasteiger partial charge in [0, 0.05) is 12.2 Å². The number of carbonyl (C=O) groups is 1. The lowest BCUT2D eigenvalue weighted by molar-refractivity contribution is -0.137. The molecule has 0 aromatic heterocycles. The fourth-order valence-electron chi connectivity index (χ4n) is 1.68. The first-order valence-corrected chi connectivity index (χ1v) is 6.27. The van der Waals surface area contributed by atoms with Gasteiger partial charge in [-0.05, 0) is 36.9 Å². The molecule has 0 spiro atoms. The van der Waals surface area contributed by atoms with Gasteiger partial charge in [-0.15, -0.1) is 0 Å². The zero-order valence-electron chi connectivity index (χ0n) is 11.9. The van der Waals surface area contributed by atoms with Gasteiger partial charge in [-0.25, -0.2) is 4.79 Å². The standard InChI is InChI=1S/C12H17F3N2.CH3NO2/c1-3-17(4-2)8-9-5-10(12(13,14)15)7-11(16)6-9;2-1(3)4/h5-7H,3-4,8,16H2,1-2H3;2H2,(H,3,4). The summed E-state index contributed by atoms with van der Waals surface area (Å²) in [6.07, 6.45) is -5.67. The van der Waals surface area contributed by atoms with E-state index in [4.69, 9.17) is 15.6 Å². The average molecular weight is 307 g/mol. The molecule has 8 heteroatoms. The molecule has 120 valence electrons. The van der Waals surface area contributed by atoms with Gasteiger partial charge in [-0.3, -0.25) is 4.90 Å². The molecule has 0 aliphatic carbocycles. The molecule has 0 saturated heterocycles. The average Bonchev–Trinajstić information content (AvgIpc) is 2.33. The second-order valence-electron chi connectivity index (χ2n) is 4.26. The van der Waals surface area contributed by atoms with Crippen LogP contribution in [0.15, 0.2) is 18.2 Å². The van der Waals surface area contributed by atoms with E-state index in [2.05, 4.69) is 5.73 Å². The van der Waals surface area contributed by atoms with Gasteiger partial charge in [0.1, 0.15) is 0 Å². The highest BCUT2D eigenvalue weighted by Gasteiger charge is 2.31. The molecule has 5 nitrogen and oxygen atoms in total. The second-order valence-corrected chi connectivity index (χ2v) is 4.26. The Labute approximate surface area is 121 Å². The highest BCUT2D eigenvalue weighted by atomic mass is 19.4. The molecule has 1 aromatic rings. The molecule has 0 atom stereocenters. The van der Waals surface area contributed by atoms with Crippen molar-refractivity contribution in [3.8, 4) is 0 Å². The van der Waals surface area contributed by atoms with E-state index in [-0.39, 0.29) is 5.69 Å². The molecule has 0 aliphatic heterocycles. The van der Waals surface area contributed by atoms with Gasteiger partial charge in [-0.2, -0.15) is 13.2 Å². The quantitative estimate of drug-likeness (QED) is 0.746. The van der Waals surface area contributed by atoms with Crippen LogP contribution in [-0.4, -0.2) is 29.2 Å². The van der Waals surface area contributed by atoms with Crippen LogP contribution >= 0.6 is 0 Å². The predicted octanol–water partition coefficient (Wildman–Crippen LogP) is 2.75. The van der Waals surface area contributed by atoms with Crippen molar-refractivity contribution >= 4 is 11.8 Å². The highest BCUT2D eigenvalue weighted by Crippen LogP contribution is 2.31. The van der Waals surface area contributed by atoms with E-state index < -0.39 is 17.8 Å². The maximum absolute atomic E-state index is 12.6. The molecule has 5 N–H and O–H groups in total. The van der Waals surface area contributed by atoms with Crippen molar-refractivity contribution in [2.45, 2.75) is 26.6 Å². The number of primary amides is 1. The van der Waals surface area contributed by atoms with E-state index >= 15 is 0 Å². The fraction of sp³-hybridized carbons (Fsp3) is 0.462. The van der Waals surface area contributed by atoms with Gasteiger partial charge in [0.05, 0.1) is 5.56 Å². The lowest BCUT2D eigenvalue weighted by atomic mass is 10.1. The van der Waals surface area contributed by atoms with Gasteiger partial charge >= 0.3 is 12.3 Å². The Kier molecular flexibility index (Phi) is 7.57. The van der Waals surface area contributed by atoms with E-state index in [9.17, 15) is 13.2 Å². The maximum Gasteiger partial charge on any atom is 0.416 e. The topological polar surface area (TPSA) is 92.6 Å². The molecule has 0 bridgehead atoms. The van der Waals surface area contributed by atoms with Gasteiger partial charge in [-0.1, -0.05) is 13.8 Å². The smallest absolute Gasteiger partial charge is 0.416 e. The molecule has 0 fully saturated rings. The van der Waals surface area contributed by atoms with Crippen molar-refractivity contribution in [1.82, 2.24) is 4.90 Å². The number of alkyl halides is 3. The van der Waals surface area contributed by atoms with Gasteiger partial charge < -0.3 is 16.6 Å². The Morgan fingerprint density at radius 3 is 2.10 bits per heavy atom. The molecule has 21 heavy (non-hydrogen) atoms. The van der Waals surface area contributed by atoms with Crippen LogP contribution in [0.1, 0.15) is 25.0 Å². The molecule has 1 rings (SSSR count). The third kappa shape index (κ3) is 8.03. The Bertz CT molecular complexity index is 456. The molecule has 0 radical (unpaired) electrons. The summed E-state index contributed by atoms with van der Waals surface area (Å²) >= 11 is 0. The third-order valence-electron chi connectivity index (χ3n) is 2.64. The van der Waals surface area contributed by atoms with Gasteiger partial charge in [0.25, 0.3) is 0 Å². The molecular weight excluding hydrogens is 287 g/mol. The Balaban J connectivity index is 0.000000885. The number of anilines is 1. The third-order valence-corrected chi connectivity index (χ3v) is 2.64. The zero-order valence-corrected chi connectivity index (χ0v) is 11.9. The molecule has 1 amide bonds. The van der Waals surface area contributed by atoms with Crippen LogP contribution in [0.5, 0.6) is 0 Å². The summed E-state index contributed by atoms with van der Waals surface area (Å²) < 4.78 is 37.7. The Hall–Kier alpha value is -1.96. The van der Waals surface area contributed by atoms with E-state index in [0.29, 0.717) is 12.1 Å². The van der Waals surface area contributed by atoms with Crippen molar-refractivity contribution in [2.24, 2.45) is 5.73 Å². The van der Waals surface area contributed by atoms with Crippen molar-refractivity contribution in [2.75, 3.05) is 18.8 Å². The van der Waals surface area contributed by atoms with Crippen LogP contribution in [-0.2, 0) is 12.7 Å². The monoisotopic (exact) mass is 307 g/mol. The minimum atomic E-state index is -4.34. The number of nitrogens with zero attached hydrogens (tertiary/aromatic N) is 1. The van der Waals surface area contributed by atoms with Crippen LogP contribution in [0.3, 0.4) is 0 Å². The number of benzene rings is 1. The number of carboxylic acid groups (broad SMARTS) is 1. The number of nitrogens with two attached hydrogens (primary N) is 2. The van der Waals surface area contributed by atoms with Crippen molar-refractivity contribution in [3.63, 3.8) is 0 Å². The molecule has 0 heterocycles. The molecule has 0 unspecified atom stereocenters. The molecule has 0 saturated carbocycles. The minimum absolute atomic E-state index is 0.155. The number of hydrogen-bond acceptors (Lipinski definition) is 3. The zero-order chi connectivity index (χ0) is 16.6. The second kappa shape index (κ2) is 8.35. The lowest BCUT2D eigenvalue weighted by Gasteiger charge is -2.19. The van der Waals surface area contributed by atoms with Gasteiger partial charge in [0.2, 0.25) is 0 Å². The summed E-state index contributed by atoms with van der Waals surface area (Å²) in [7, 11) is 0. The van der Waals surface area contributed by atoms with E-state index in [1.807, 2.05) is 18.7 Å². The van der Waals surface area contributed by atoms with Gasteiger partial charge in [0.15, 0.2) is 0 Å². The number of halogens is 3. The fourth-order valence-corrected chi connectivity index (χ4v) is 1.68. The maximum atomic E-state index is 12.6. The van der Waals surface area contributed by atoms with Crippen LogP contribution in [0, 0.1) is 0 Å². The van der Waals surface area contributed by atoms with Crippen LogP contribution in [0.4, 0.5) is 23.7 Å². The van der Waals surface area contributed by atoms with Crippen LogP contribution < -0.4 is 11.5 Å². The number of nitrogen functional groups attached to an aromatic ring is 1. The first-order valence-electron chi connectivity index (χ1n) is 6.27. The number of amides is 1. The highest BCUT2D eigenvalue weighted by molar-refractivity contribution is 5.61. The SMILES string of the molecule is CCN(CC)Cc1cc(N)cc(C(F)(F)F)c1.NC(=O)O. The summed E-state index contributed by atoms with van der Waals surface area (Å²) in [5, 5.41) is 7.19. The predicted molar refractivity (Wildman–Crippen MR) is 74.7 cm³/mol. The summed E-state index contributed by atoms with van der Waals surface area (Å²) in [4.78, 5) is 10.8. The van der Waals surface area contributed by atoms with Crippen molar-refractivity contribution < 1.29 is 23.1 Å². The summed E-state index contributed by atoms with van der Waals surface area (Å²) in [5.74, 6) is 0. The largest absolute Gasteiger partial charge is 0.465 e. The molecule has 0 aliphatic rings. The summed E-state index contributed by atoms with van der Waals surface area (Å²) in [6, 6.07) is 3.72. The summed E-state index contributed by atoms with van der Waals surface area (Å²) in [6.45, 7) is 6.03. The molecular formula is C13H20F3N3O2. The lowest BCUT2D eigenvalue weighted by Crippen LogP contribution is -2.22. The Morgan fingerprint density at radius 1 is 1.24 bits per heavy atom. The molecule has 1 aromatic carbocycles. The number of hydrogen-bond donors (Lipinski definition) is 3. The Morgan fingerprint density at radius 2 is 1.71 bits per heavy atom. The van der Waals surface area contributed by atoms with E-state index in [1.165, 1.54) is 0 Å². The first kappa shape index (κ1) is 19.0. The van der Waals surface area contributed by atoms with Crippen LogP contribution in [0.25, 0.3) is 0 Å². The normalized spacial score (nSPS) is 11.0. The van der Waals surface area contributed by atoms with Crippen molar-refractivity contribution in [3.05, 3.63) is 29.3 Å². The summed E-state index contributed by atoms with van der Waals surface area (Å²) in [5.41, 5.74) is 9.60. The minimum Gasteiger partial charge on any atom is -0.465 e. The van der Waals surface area contributed by atoms with E-state index in [0.717, 1.165) is 25.2 Å². The van der Waals surface area contributed by atoms with E-state index in [1.54, 1.807) is 6.07 Å². The number of rotatable bonds is 4. The van der Waals surface area contributed by atoms with Crippen LogP contribution in [0.2, 0.25) is 0 Å². The first-order chi connectivity index (χ1) is 9.59. The van der Waals surface area contributed by atoms with Crippen molar-refractivity contribution in [1.29, 1.82) is 0 Å².